The molecule has 3 rings (SSSR count). The van der Waals surface area contributed by atoms with E-state index >= 15 is 0 Å². The number of hydrogen-bond donors (Lipinski definition) is 1. The number of carbonyl (C=O) groups excluding carboxylic acids is 1. The second-order valence-corrected chi connectivity index (χ2v) is 5.72. The zero-order valence-corrected chi connectivity index (χ0v) is 12.4. The van der Waals surface area contributed by atoms with Crippen molar-refractivity contribution in [3.8, 4) is 0 Å². The van der Waals surface area contributed by atoms with Gasteiger partial charge < -0.3 is 10.5 Å². The van der Waals surface area contributed by atoms with Crippen LogP contribution in [0, 0.1) is 0 Å². The molecule has 1 aliphatic heterocycles. The van der Waals surface area contributed by atoms with Gasteiger partial charge in [-0.15, -0.1) is 0 Å². The van der Waals surface area contributed by atoms with E-state index in [1.807, 2.05) is 36.4 Å². The summed E-state index contributed by atoms with van der Waals surface area (Å²) in [5, 5.41) is 0. The Morgan fingerprint density at radius 3 is 1.73 bits per heavy atom. The van der Waals surface area contributed by atoms with Crippen molar-refractivity contribution < 1.29 is 9.53 Å². The zero-order chi connectivity index (χ0) is 15.4. The standard InChI is InChI=1S/C18H20N2O2/c19-17(21)18(13-22-14-18)20(11-15-7-3-1-4-8-15)12-16-9-5-2-6-10-16/h1-10H,11-14H2,(H2,19,21). The van der Waals surface area contributed by atoms with Gasteiger partial charge in [0.1, 0.15) is 5.54 Å². The van der Waals surface area contributed by atoms with Crippen LogP contribution in [-0.2, 0) is 22.6 Å². The fraction of sp³-hybridized carbons (Fsp3) is 0.278. The van der Waals surface area contributed by atoms with E-state index in [4.69, 9.17) is 10.5 Å². The van der Waals surface area contributed by atoms with Crippen molar-refractivity contribution in [3.05, 3.63) is 71.8 Å². The van der Waals surface area contributed by atoms with Crippen molar-refractivity contribution in [1.82, 2.24) is 4.90 Å². The van der Waals surface area contributed by atoms with E-state index in [9.17, 15) is 4.79 Å². The predicted octanol–water partition coefficient (Wildman–Crippen LogP) is 1.94. The Bertz CT molecular complexity index is 583. The van der Waals surface area contributed by atoms with Gasteiger partial charge in [-0.05, 0) is 11.1 Å². The fourth-order valence-electron chi connectivity index (χ4n) is 2.74. The summed E-state index contributed by atoms with van der Waals surface area (Å²) in [5.74, 6) is -0.314. The minimum Gasteiger partial charge on any atom is -0.376 e. The monoisotopic (exact) mass is 296 g/mol. The average molecular weight is 296 g/mol. The van der Waals surface area contributed by atoms with Gasteiger partial charge in [0, 0.05) is 13.1 Å². The first kappa shape index (κ1) is 14.8. The first-order valence-corrected chi connectivity index (χ1v) is 7.41. The highest BCUT2D eigenvalue weighted by Crippen LogP contribution is 2.28. The smallest absolute Gasteiger partial charge is 0.242 e. The minimum atomic E-state index is -0.703. The maximum Gasteiger partial charge on any atom is 0.242 e. The molecule has 0 aliphatic carbocycles. The first-order chi connectivity index (χ1) is 10.7. The third-order valence-corrected chi connectivity index (χ3v) is 4.18. The van der Waals surface area contributed by atoms with Gasteiger partial charge >= 0.3 is 0 Å². The Labute approximate surface area is 130 Å². The van der Waals surface area contributed by atoms with Crippen molar-refractivity contribution in [1.29, 1.82) is 0 Å². The average Bonchev–Trinajstić information content (AvgIpc) is 2.47. The van der Waals surface area contributed by atoms with Gasteiger partial charge in [0.15, 0.2) is 0 Å². The Balaban J connectivity index is 1.86. The van der Waals surface area contributed by atoms with Crippen LogP contribution in [0.3, 0.4) is 0 Å². The number of amides is 1. The van der Waals surface area contributed by atoms with Gasteiger partial charge in [0.2, 0.25) is 5.91 Å². The summed E-state index contributed by atoms with van der Waals surface area (Å²) >= 11 is 0. The predicted molar refractivity (Wildman–Crippen MR) is 84.9 cm³/mol. The number of carbonyl (C=O) groups is 1. The number of nitrogens with two attached hydrogens (primary N) is 1. The highest BCUT2D eigenvalue weighted by atomic mass is 16.5. The molecule has 114 valence electrons. The highest BCUT2D eigenvalue weighted by molar-refractivity contribution is 5.86. The Kier molecular flexibility index (Phi) is 4.22. The maximum absolute atomic E-state index is 12.0. The zero-order valence-electron chi connectivity index (χ0n) is 12.4. The van der Waals surface area contributed by atoms with Crippen molar-refractivity contribution >= 4 is 5.91 Å². The van der Waals surface area contributed by atoms with Crippen LogP contribution < -0.4 is 5.73 Å². The molecule has 1 amide bonds. The molecule has 1 aliphatic rings. The van der Waals surface area contributed by atoms with Crippen LogP contribution in [0.15, 0.2) is 60.7 Å². The lowest BCUT2D eigenvalue weighted by Crippen LogP contribution is -2.68. The molecule has 0 atom stereocenters. The van der Waals surface area contributed by atoms with Crippen molar-refractivity contribution in [2.45, 2.75) is 18.6 Å². The van der Waals surface area contributed by atoms with Crippen molar-refractivity contribution in [3.63, 3.8) is 0 Å². The molecule has 2 N–H and O–H groups in total. The summed E-state index contributed by atoms with van der Waals surface area (Å²) in [6, 6.07) is 20.2. The molecule has 2 aromatic rings. The molecule has 22 heavy (non-hydrogen) atoms. The number of hydrogen-bond acceptors (Lipinski definition) is 3. The summed E-state index contributed by atoms with van der Waals surface area (Å²) < 4.78 is 5.31. The summed E-state index contributed by atoms with van der Waals surface area (Å²) in [6.07, 6.45) is 0. The topological polar surface area (TPSA) is 55.6 Å². The molecule has 0 bridgehead atoms. The Morgan fingerprint density at radius 1 is 0.955 bits per heavy atom. The summed E-state index contributed by atoms with van der Waals surface area (Å²) in [4.78, 5) is 14.2. The molecular weight excluding hydrogens is 276 g/mol. The lowest BCUT2D eigenvalue weighted by molar-refractivity contribution is -0.171. The summed E-state index contributed by atoms with van der Waals surface area (Å²) in [5.41, 5.74) is 7.29. The van der Waals surface area contributed by atoms with Gasteiger partial charge in [-0.2, -0.15) is 0 Å². The molecule has 0 saturated carbocycles. The number of nitrogens with zero attached hydrogens (tertiary/aromatic N) is 1. The number of ether oxygens (including phenoxy) is 1. The van der Waals surface area contributed by atoms with E-state index < -0.39 is 5.54 Å². The highest BCUT2D eigenvalue weighted by Gasteiger charge is 2.49. The largest absolute Gasteiger partial charge is 0.376 e. The molecule has 0 unspecified atom stereocenters. The summed E-state index contributed by atoms with van der Waals surface area (Å²) in [7, 11) is 0. The lowest BCUT2D eigenvalue weighted by atomic mass is 9.92. The molecule has 0 spiro atoms. The quantitative estimate of drug-likeness (QED) is 0.886. The van der Waals surface area contributed by atoms with E-state index in [0.717, 1.165) is 11.1 Å². The van der Waals surface area contributed by atoms with E-state index in [2.05, 4.69) is 29.2 Å². The van der Waals surface area contributed by atoms with Crippen LogP contribution in [0.25, 0.3) is 0 Å². The minimum absolute atomic E-state index is 0.314. The van der Waals surface area contributed by atoms with Crippen LogP contribution in [0.2, 0.25) is 0 Å². The summed E-state index contributed by atoms with van der Waals surface area (Å²) in [6.45, 7) is 2.06. The van der Waals surface area contributed by atoms with Crippen LogP contribution >= 0.6 is 0 Å². The molecule has 1 fully saturated rings. The first-order valence-electron chi connectivity index (χ1n) is 7.41. The molecule has 1 heterocycles. The molecule has 1 saturated heterocycles. The number of benzene rings is 2. The number of rotatable bonds is 6. The van der Waals surface area contributed by atoms with Crippen LogP contribution in [0.5, 0.6) is 0 Å². The molecule has 2 aromatic carbocycles. The third kappa shape index (κ3) is 2.89. The SMILES string of the molecule is NC(=O)C1(N(Cc2ccccc2)Cc2ccccc2)COC1. The Morgan fingerprint density at radius 2 is 1.41 bits per heavy atom. The molecule has 4 nitrogen and oxygen atoms in total. The normalized spacial score (nSPS) is 16.2. The van der Waals surface area contributed by atoms with Crippen molar-refractivity contribution in [2.75, 3.05) is 13.2 Å². The molecule has 0 radical (unpaired) electrons. The van der Waals surface area contributed by atoms with Crippen LogP contribution in [-0.4, -0.2) is 29.6 Å². The number of primary amides is 1. The van der Waals surface area contributed by atoms with E-state index in [1.54, 1.807) is 0 Å². The van der Waals surface area contributed by atoms with Crippen molar-refractivity contribution in [2.24, 2.45) is 5.73 Å². The van der Waals surface area contributed by atoms with Gasteiger partial charge in [0.25, 0.3) is 0 Å². The van der Waals surface area contributed by atoms with Crippen LogP contribution in [0.1, 0.15) is 11.1 Å². The van der Waals surface area contributed by atoms with E-state index in [0.29, 0.717) is 26.3 Å². The second-order valence-electron chi connectivity index (χ2n) is 5.72. The molecule has 4 heteroatoms. The van der Waals surface area contributed by atoms with Gasteiger partial charge in [-0.25, -0.2) is 0 Å². The van der Waals surface area contributed by atoms with E-state index in [1.165, 1.54) is 0 Å². The van der Waals surface area contributed by atoms with Gasteiger partial charge in [-0.3, -0.25) is 9.69 Å². The molecular formula is C18H20N2O2. The van der Waals surface area contributed by atoms with Gasteiger partial charge in [0.05, 0.1) is 13.2 Å². The maximum atomic E-state index is 12.0. The third-order valence-electron chi connectivity index (χ3n) is 4.18. The molecule has 0 aromatic heterocycles. The van der Waals surface area contributed by atoms with Gasteiger partial charge in [-0.1, -0.05) is 60.7 Å². The van der Waals surface area contributed by atoms with E-state index in [-0.39, 0.29) is 5.91 Å². The second kappa shape index (κ2) is 6.30. The fourth-order valence-corrected chi connectivity index (χ4v) is 2.74. The Hall–Kier alpha value is -2.17. The van der Waals surface area contributed by atoms with Crippen LogP contribution in [0.4, 0.5) is 0 Å². The lowest BCUT2D eigenvalue weighted by Gasteiger charge is -2.47.